The molecule has 24 heavy (non-hydrogen) atoms. The maximum Gasteiger partial charge on any atom is 0.254 e. The Morgan fingerprint density at radius 3 is 2.17 bits per heavy atom. The maximum atomic E-state index is 12.8. The van der Waals surface area contributed by atoms with Crippen molar-refractivity contribution in [2.45, 2.75) is 12.8 Å². The fraction of sp³-hybridized carbons (Fsp3) is 0.421. The van der Waals surface area contributed by atoms with E-state index in [9.17, 15) is 9.59 Å². The molecule has 122 valence electrons. The summed E-state index contributed by atoms with van der Waals surface area (Å²) in [4.78, 5) is 25.5. The van der Waals surface area contributed by atoms with E-state index in [1.807, 2.05) is 24.3 Å². The smallest absolute Gasteiger partial charge is 0.254 e. The van der Waals surface area contributed by atoms with Crippen molar-refractivity contribution in [3.8, 4) is 5.75 Å². The topological polar surface area (TPSA) is 59.0 Å². The number of hydrogen-bond acceptors (Lipinski definition) is 4. The molecule has 5 nitrogen and oxygen atoms in total. The van der Waals surface area contributed by atoms with E-state index in [2.05, 4.69) is 17.3 Å². The van der Waals surface area contributed by atoms with E-state index in [4.69, 9.17) is 4.74 Å². The molecule has 0 unspecified atom stereocenters. The van der Waals surface area contributed by atoms with Crippen LogP contribution >= 0.6 is 0 Å². The van der Waals surface area contributed by atoms with Gasteiger partial charge in [0.15, 0.2) is 0 Å². The van der Waals surface area contributed by atoms with Crippen molar-refractivity contribution >= 4 is 18.0 Å². The zero-order valence-corrected chi connectivity index (χ0v) is 13.4. The van der Waals surface area contributed by atoms with Gasteiger partial charge in [-0.3, -0.25) is 9.59 Å². The molecule has 1 spiro atoms. The molecule has 1 aromatic carbocycles. The van der Waals surface area contributed by atoms with Crippen molar-refractivity contribution in [2.24, 2.45) is 34.2 Å². The number of ether oxygens (including phenoxy) is 1. The first-order valence-electron chi connectivity index (χ1n) is 8.40. The van der Waals surface area contributed by atoms with Gasteiger partial charge in [0, 0.05) is 0 Å². The van der Waals surface area contributed by atoms with Gasteiger partial charge in [0.1, 0.15) is 5.75 Å². The third-order valence-corrected chi connectivity index (χ3v) is 6.27. The van der Waals surface area contributed by atoms with Crippen LogP contribution in [0.1, 0.15) is 18.4 Å². The Kier molecular flexibility index (Phi) is 2.65. The molecular weight excluding hydrogens is 304 g/mol. The van der Waals surface area contributed by atoms with Gasteiger partial charge in [-0.1, -0.05) is 12.2 Å². The average molecular weight is 322 g/mol. The number of amides is 2. The highest BCUT2D eigenvalue weighted by atomic mass is 16.5. The molecule has 1 aliphatic heterocycles. The number of carbonyl (C=O) groups is 2. The summed E-state index contributed by atoms with van der Waals surface area (Å²) in [5, 5.41) is 5.30. The first kappa shape index (κ1) is 14.0. The SMILES string of the molecule is COc1ccc(/C=N\N2C(=O)[C@@H]3[C@H](C2=O)[C@H]2C=C[C@@H]3C23CC3)cc1. The molecule has 1 aromatic rings. The molecule has 2 saturated carbocycles. The van der Waals surface area contributed by atoms with E-state index in [0.29, 0.717) is 0 Å². The number of carbonyl (C=O) groups excluding carboxylic acids is 2. The molecule has 2 bridgehead atoms. The van der Waals surface area contributed by atoms with Gasteiger partial charge in [-0.2, -0.15) is 10.1 Å². The Balaban J connectivity index is 1.40. The Labute approximate surface area is 140 Å². The highest BCUT2D eigenvalue weighted by Crippen LogP contribution is 2.73. The second-order valence-corrected chi connectivity index (χ2v) is 7.23. The van der Waals surface area contributed by atoms with Gasteiger partial charge in [0.05, 0.1) is 25.2 Å². The molecule has 4 atom stereocenters. The van der Waals surface area contributed by atoms with Crippen LogP contribution in [0.5, 0.6) is 5.75 Å². The quantitative estimate of drug-likeness (QED) is 0.487. The van der Waals surface area contributed by atoms with Crippen LogP contribution in [0.25, 0.3) is 0 Å². The summed E-state index contributed by atoms with van der Waals surface area (Å²) in [5.41, 5.74) is 1.06. The Morgan fingerprint density at radius 1 is 1.08 bits per heavy atom. The van der Waals surface area contributed by atoms with Gasteiger partial charge < -0.3 is 4.74 Å². The van der Waals surface area contributed by atoms with Crippen molar-refractivity contribution in [1.29, 1.82) is 0 Å². The Morgan fingerprint density at radius 2 is 1.67 bits per heavy atom. The summed E-state index contributed by atoms with van der Waals surface area (Å²) < 4.78 is 5.12. The fourth-order valence-electron chi connectivity index (χ4n) is 4.99. The van der Waals surface area contributed by atoms with E-state index in [1.165, 1.54) is 0 Å². The minimum Gasteiger partial charge on any atom is -0.497 e. The van der Waals surface area contributed by atoms with Gasteiger partial charge in [0.25, 0.3) is 11.8 Å². The molecule has 1 heterocycles. The lowest BCUT2D eigenvalue weighted by Crippen LogP contribution is -2.30. The molecule has 0 N–H and O–H groups in total. The first-order valence-corrected chi connectivity index (χ1v) is 8.40. The summed E-state index contributed by atoms with van der Waals surface area (Å²) in [6.07, 6.45) is 8.20. The van der Waals surface area contributed by atoms with Crippen LogP contribution in [-0.4, -0.2) is 30.1 Å². The van der Waals surface area contributed by atoms with E-state index in [1.54, 1.807) is 13.3 Å². The minimum absolute atomic E-state index is 0.127. The summed E-state index contributed by atoms with van der Waals surface area (Å²) >= 11 is 0. The number of allylic oxidation sites excluding steroid dienone is 2. The van der Waals surface area contributed by atoms with Crippen LogP contribution in [0.15, 0.2) is 41.5 Å². The molecule has 3 aliphatic carbocycles. The van der Waals surface area contributed by atoms with E-state index < -0.39 is 0 Å². The highest BCUT2D eigenvalue weighted by Gasteiger charge is 2.73. The summed E-state index contributed by atoms with van der Waals surface area (Å²) in [5.74, 6) is 0.601. The third-order valence-electron chi connectivity index (χ3n) is 6.27. The minimum atomic E-state index is -0.192. The van der Waals surface area contributed by atoms with E-state index >= 15 is 0 Å². The van der Waals surface area contributed by atoms with Crippen LogP contribution in [0, 0.1) is 29.1 Å². The number of fused-ring (bicyclic) bond motifs is 3. The standard InChI is InChI=1S/C19H18N2O3/c1-24-12-4-2-11(3-5-12)10-20-21-17(22)15-13-6-7-14(16(15)18(21)23)19(13)8-9-19/h2-7,10,13-16H,8-9H2,1H3/b20-10-/t13-,14+,15-,16+. The monoisotopic (exact) mass is 322 g/mol. The number of nitrogens with zero attached hydrogens (tertiary/aromatic N) is 2. The first-order chi connectivity index (χ1) is 11.7. The number of hydrogen-bond donors (Lipinski definition) is 0. The Hall–Kier alpha value is -2.43. The predicted molar refractivity (Wildman–Crippen MR) is 87.2 cm³/mol. The maximum absolute atomic E-state index is 12.8. The van der Waals surface area contributed by atoms with E-state index in [-0.39, 0.29) is 40.9 Å². The van der Waals surface area contributed by atoms with Crippen molar-refractivity contribution in [1.82, 2.24) is 5.01 Å². The van der Waals surface area contributed by atoms with Gasteiger partial charge >= 0.3 is 0 Å². The van der Waals surface area contributed by atoms with E-state index in [0.717, 1.165) is 29.2 Å². The summed E-state index contributed by atoms with van der Waals surface area (Å²) in [7, 11) is 1.61. The number of rotatable bonds is 3. The Bertz CT molecular complexity index is 757. The lowest BCUT2D eigenvalue weighted by atomic mass is 9.85. The number of imide groups is 1. The fourth-order valence-corrected chi connectivity index (χ4v) is 4.99. The summed E-state index contributed by atoms with van der Waals surface area (Å²) in [6, 6.07) is 7.34. The number of benzene rings is 1. The predicted octanol–water partition coefficient (Wildman–Crippen LogP) is 2.23. The molecule has 0 aromatic heterocycles. The van der Waals surface area contributed by atoms with Crippen LogP contribution in [0.3, 0.4) is 0 Å². The second-order valence-electron chi connectivity index (χ2n) is 7.23. The number of methoxy groups -OCH3 is 1. The zero-order valence-electron chi connectivity index (χ0n) is 13.4. The molecule has 5 rings (SSSR count). The molecule has 1 saturated heterocycles. The zero-order chi connectivity index (χ0) is 16.5. The lowest BCUT2D eigenvalue weighted by Gasteiger charge is -2.18. The lowest BCUT2D eigenvalue weighted by molar-refractivity contribution is -0.141. The van der Waals surface area contributed by atoms with Gasteiger partial charge in [-0.05, 0) is 59.9 Å². The second kappa shape index (κ2) is 4.56. The van der Waals surface area contributed by atoms with Crippen molar-refractivity contribution in [3.63, 3.8) is 0 Å². The molecule has 0 radical (unpaired) electrons. The summed E-state index contributed by atoms with van der Waals surface area (Å²) in [6.45, 7) is 0. The van der Waals surface area contributed by atoms with Gasteiger partial charge in [0.2, 0.25) is 0 Å². The van der Waals surface area contributed by atoms with Crippen LogP contribution < -0.4 is 4.74 Å². The number of hydrazone groups is 1. The van der Waals surface area contributed by atoms with Crippen molar-refractivity contribution in [2.75, 3.05) is 7.11 Å². The van der Waals surface area contributed by atoms with Crippen LogP contribution in [-0.2, 0) is 9.59 Å². The van der Waals surface area contributed by atoms with Crippen LogP contribution in [0.4, 0.5) is 0 Å². The van der Waals surface area contributed by atoms with Crippen molar-refractivity contribution in [3.05, 3.63) is 42.0 Å². The van der Waals surface area contributed by atoms with Crippen LogP contribution in [0.2, 0.25) is 0 Å². The van der Waals surface area contributed by atoms with Crippen molar-refractivity contribution < 1.29 is 14.3 Å². The average Bonchev–Trinajstić information content (AvgIpc) is 3.21. The molecular formula is C19H18N2O3. The van der Waals surface area contributed by atoms with Gasteiger partial charge in [-0.25, -0.2) is 0 Å². The largest absolute Gasteiger partial charge is 0.497 e. The highest BCUT2D eigenvalue weighted by molar-refractivity contribution is 6.07. The third kappa shape index (κ3) is 1.62. The molecule has 4 aliphatic rings. The normalized spacial score (nSPS) is 34.6. The van der Waals surface area contributed by atoms with Gasteiger partial charge in [-0.15, -0.1) is 0 Å². The molecule has 2 amide bonds. The molecule has 3 fully saturated rings. The molecule has 5 heteroatoms.